The maximum atomic E-state index is 6.24. The first-order valence-electron chi connectivity index (χ1n) is 15.8. The lowest BCUT2D eigenvalue weighted by Gasteiger charge is -2.24. The van der Waals surface area contributed by atoms with E-state index in [4.69, 9.17) is 5.73 Å². The molecule has 45 heavy (non-hydrogen) atoms. The molecule has 0 amide bonds. The number of hydrogen-bond acceptors (Lipinski definition) is 2. The van der Waals surface area contributed by atoms with Crippen LogP contribution in [0, 0.1) is 6.92 Å². The van der Waals surface area contributed by atoms with Gasteiger partial charge in [0.15, 0.2) is 0 Å². The Morgan fingerprint density at radius 3 is 1.96 bits per heavy atom. The van der Waals surface area contributed by atoms with Crippen LogP contribution < -0.4 is 11.1 Å². The van der Waals surface area contributed by atoms with Crippen LogP contribution in [0.5, 0.6) is 0 Å². The number of nitrogen functional groups attached to an aromatic ring is 1. The monoisotopic (exact) mass is 580 g/mol. The maximum Gasteiger partial charge on any atom is 0.0576 e. The number of hydrogen-bond donors (Lipinski definition) is 2. The molecule has 7 aromatic carbocycles. The molecular weight excluding hydrogens is 544 g/mol. The summed E-state index contributed by atoms with van der Waals surface area (Å²) in [6.45, 7) is 7.61. The fourth-order valence-electron chi connectivity index (χ4n) is 7.49. The van der Waals surface area contributed by atoms with Gasteiger partial charge in [-0.25, -0.2) is 0 Å². The van der Waals surface area contributed by atoms with Gasteiger partial charge in [0.05, 0.1) is 11.4 Å². The van der Waals surface area contributed by atoms with Crippen molar-refractivity contribution in [2.24, 2.45) is 0 Å². The standard InChI is InChI=1S/C43H36N2/c1-27-12-10-14-29(22-27)41-32-17-4-5-18-33(32)42(30-15-11-13-28(23-30)26-45-40-21-9-8-20-39(40)44)36-25-38-34(24-35(36)41)31-16-6-7-19-37(31)43(38,2)3/h4-25,45H,26,44H2,1-3H3. The van der Waals surface area contributed by atoms with E-state index in [1.807, 2.05) is 24.3 Å². The molecule has 0 radical (unpaired) electrons. The van der Waals surface area contributed by atoms with Gasteiger partial charge in [-0.2, -0.15) is 0 Å². The average molecular weight is 581 g/mol. The zero-order valence-corrected chi connectivity index (χ0v) is 26.0. The molecule has 2 nitrogen and oxygen atoms in total. The molecular formula is C43H36N2. The number of nitrogens with two attached hydrogens (primary N) is 1. The van der Waals surface area contributed by atoms with Crippen LogP contribution in [0.4, 0.5) is 11.4 Å². The first-order valence-corrected chi connectivity index (χ1v) is 15.8. The molecule has 0 spiro atoms. The summed E-state index contributed by atoms with van der Waals surface area (Å²) < 4.78 is 0. The number of rotatable bonds is 5. The summed E-state index contributed by atoms with van der Waals surface area (Å²) in [5.41, 5.74) is 20.9. The van der Waals surface area contributed by atoms with Crippen molar-refractivity contribution in [3.05, 3.63) is 156 Å². The minimum atomic E-state index is -0.0894. The van der Waals surface area contributed by atoms with Gasteiger partial charge in [-0.15, -0.1) is 0 Å². The predicted molar refractivity (Wildman–Crippen MR) is 193 cm³/mol. The Balaban J connectivity index is 1.42. The van der Waals surface area contributed by atoms with Gasteiger partial charge in [-0.05, 0) is 109 Å². The molecule has 1 aliphatic carbocycles. The minimum Gasteiger partial charge on any atom is -0.397 e. The van der Waals surface area contributed by atoms with Crippen molar-refractivity contribution in [3.8, 4) is 33.4 Å². The fraction of sp³-hybridized carbons (Fsp3) is 0.116. The minimum absolute atomic E-state index is 0.0894. The smallest absolute Gasteiger partial charge is 0.0576 e. The van der Waals surface area contributed by atoms with E-state index >= 15 is 0 Å². The molecule has 7 aromatic rings. The summed E-state index contributed by atoms with van der Waals surface area (Å²) in [5, 5.41) is 8.68. The lowest BCUT2D eigenvalue weighted by Crippen LogP contribution is -2.14. The third-order valence-electron chi connectivity index (χ3n) is 9.69. The second kappa shape index (κ2) is 10.4. The highest BCUT2D eigenvalue weighted by Crippen LogP contribution is 2.53. The summed E-state index contributed by atoms with van der Waals surface area (Å²) in [5.74, 6) is 0. The van der Waals surface area contributed by atoms with E-state index in [1.54, 1.807) is 0 Å². The topological polar surface area (TPSA) is 38.0 Å². The third kappa shape index (κ3) is 4.40. The summed E-state index contributed by atoms with van der Waals surface area (Å²) in [6, 6.07) is 48.7. The zero-order valence-electron chi connectivity index (χ0n) is 26.0. The molecule has 0 bridgehead atoms. The molecule has 3 N–H and O–H groups in total. The van der Waals surface area contributed by atoms with Gasteiger partial charge < -0.3 is 11.1 Å². The van der Waals surface area contributed by atoms with Gasteiger partial charge in [-0.3, -0.25) is 0 Å². The van der Waals surface area contributed by atoms with Crippen molar-refractivity contribution < 1.29 is 0 Å². The van der Waals surface area contributed by atoms with E-state index in [1.165, 1.54) is 77.2 Å². The van der Waals surface area contributed by atoms with Gasteiger partial charge in [-0.1, -0.05) is 123 Å². The highest BCUT2D eigenvalue weighted by molar-refractivity contribution is 6.22. The molecule has 0 saturated heterocycles. The van der Waals surface area contributed by atoms with Crippen LogP contribution in [0.1, 0.15) is 36.1 Å². The van der Waals surface area contributed by atoms with Crippen molar-refractivity contribution in [1.29, 1.82) is 0 Å². The number of para-hydroxylation sites is 2. The van der Waals surface area contributed by atoms with Crippen molar-refractivity contribution in [1.82, 2.24) is 0 Å². The number of benzene rings is 7. The summed E-state index contributed by atoms with van der Waals surface area (Å²) in [4.78, 5) is 0. The lowest BCUT2D eigenvalue weighted by atomic mass is 9.79. The molecule has 8 rings (SSSR count). The second-order valence-corrected chi connectivity index (χ2v) is 12.9. The van der Waals surface area contributed by atoms with Crippen LogP contribution in [0.15, 0.2) is 133 Å². The van der Waals surface area contributed by atoms with Gasteiger partial charge in [0.25, 0.3) is 0 Å². The van der Waals surface area contributed by atoms with Crippen LogP contribution in [0.25, 0.3) is 54.9 Å². The fourth-order valence-corrected chi connectivity index (χ4v) is 7.49. The molecule has 1 aliphatic rings. The molecule has 0 aliphatic heterocycles. The van der Waals surface area contributed by atoms with Crippen LogP contribution in [-0.4, -0.2) is 0 Å². The third-order valence-corrected chi connectivity index (χ3v) is 9.69. The number of fused-ring (bicyclic) bond motifs is 5. The largest absolute Gasteiger partial charge is 0.397 e. The molecule has 0 heterocycles. The van der Waals surface area contributed by atoms with Crippen LogP contribution in [0.2, 0.25) is 0 Å². The lowest BCUT2D eigenvalue weighted by molar-refractivity contribution is 0.661. The number of anilines is 2. The Kier molecular flexibility index (Phi) is 6.28. The maximum absolute atomic E-state index is 6.24. The van der Waals surface area contributed by atoms with E-state index < -0.39 is 0 Å². The first kappa shape index (κ1) is 27.2. The Labute approximate surface area is 265 Å². The Morgan fingerprint density at radius 2 is 1.20 bits per heavy atom. The van der Waals surface area contributed by atoms with E-state index in [9.17, 15) is 0 Å². The zero-order chi connectivity index (χ0) is 30.7. The molecule has 0 saturated carbocycles. The Morgan fingerprint density at radius 1 is 0.556 bits per heavy atom. The molecule has 0 unspecified atom stereocenters. The van der Waals surface area contributed by atoms with E-state index in [-0.39, 0.29) is 5.41 Å². The van der Waals surface area contributed by atoms with Crippen molar-refractivity contribution in [2.45, 2.75) is 32.7 Å². The van der Waals surface area contributed by atoms with Crippen LogP contribution in [0.3, 0.4) is 0 Å². The van der Waals surface area contributed by atoms with Gasteiger partial charge in [0.1, 0.15) is 0 Å². The summed E-state index contributed by atoms with van der Waals surface area (Å²) >= 11 is 0. The van der Waals surface area contributed by atoms with E-state index in [0.29, 0.717) is 6.54 Å². The SMILES string of the molecule is Cc1cccc(-c2c3ccccc3c(-c3cccc(CNc4ccccc4N)c3)c3cc4c(cc23)-c2ccccc2C4(C)C)c1. The van der Waals surface area contributed by atoms with Gasteiger partial charge >= 0.3 is 0 Å². The van der Waals surface area contributed by atoms with Crippen molar-refractivity contribution in [2.75, 3.05) is 11.1 Å². The number of nitrogens with one attached hydrogen (secondary N) is 1. The number of aryl methyl sites for hydroxylation is 1. The molecule has 0 fully saturated rings. The highest BCUT2D eigenvalue weighted by Gasteiger charge is 2.36. The van der Waals surface area contributed by atoms with E-state index in [2.05, 4.69) is 135 Å². The summed E-state index contributed by atoms with van der Waals surface area (Å²) in [7, 11) is 0. The van der Waals surface area contributed by atoms with Gasteiger partial charge in [0, 0.05) is 12.0 Å². The Bertz CT molecular complexity index is 2270. The first-order chi connectivity index (χ1) is 21.9. The van der Waals surface area contributed by atoms with Crippen LogP contribution in [-0.2, 0) is 12.0 Å². The normalized spacial score (nSPS) is 13.1. The predicted octanol–water partition coefficient (Wildman–Crippen LogP) is 11.1. The van der Waals surface area contributed by atoms with Crippen molar-refractivity contribution in [3.63, 3.8) is 0 Å². The molecule has 2 heteroatoms. The Hall–Kier alpha value is -5.34. The second-order valence-electron chi connectivity index (χ2n) is 12.9. The highest BCUT2D eigenvalue weighted by atomic mass is 14.9. The molecule has 0 aromatic heterocycles. The molecule has 218 valence electrons. The molecule has 0 atom stereocenters. The quantitative estimate of drug-likeness (QED) is 0.157. The van der Waals surface area contributed by atoms with Gasteiger partial charge in [0.2, 0.25) is 0 Å². The van der Waals surface area contributed by atoms with Crippen LogP contribution >= 0.6 is 0 Å². The van der Waals surface area contributed by atoms with Crippen molar-refractivity contribution >= 4 is 32.9 Å². The average Bonchev–Trinajstić information content (AvgIpc) is 3.28. The van der Waals surface area contributed by atoms with E-state index in [0.717, 1.165) is 11.4 Å². The summed E-state index contributed by atoms with van der Waals surface area (Å²) in [6.07, 6.45) is 0.